The number of morpholine rings is 1. The van der Waals surface area contributed by atoms with Crippen molar-refractivity contribution in [3.8, 4) is 6.01 Å². The molecule has 0 radical (unpaired) electrons. The van der Waals surface area contributed by atoms with Crippen LogP contribution in [0.5, 0.6) is 6.01 Å². The normalized spacial score (nSPS) is 14.4. The molecule has 1 aliphatic rings. The zero-order valence-electron chi connectivity index (χ0n) is 21.7. The first-order chi connectivity index (χ1) is 19.7. The molecule has 4 rings (SSSR count). The number of nitrogens with zero attached hydrogens (tertiary/aromatic N) is 5. The molecule has 3 aromatic rings. The minimum atomic E-state index is -4.46. The number of ether oxygens (including phenoxy) is 2. The van der Waals surface area contributed by atoms with Crippen molar-refractivity contribution in [3.05, 3.63) is 76.9 Å². The Morgan fingerprint density at radius 1 is 1.07 bits per heavy atom. The van der Waals surface area contributed by atoms with Crippen molar-refractivity contribution in [3.63, 3.8) is 0 Å². The summed E-state index contributed by atoms with van der Waals surface area (Å²) in [6.07, 6.45) is -3.21. The summed E-state index contributed by atoms with van der Waals surface area (Å²) < 4.78 is 76.4. The second-order valence-electron chi connectivity index (χ2n) is 8.71. The third-order valence-electron chi connectivity index (χ3n) is 5.69. The molecule has 4 N–H and O–H groups in total. The Labute approximate surface area is 232 Å². The van der Waals surface area contributed by atoms with Gasteiger partial charge in [-0.3, -0.25) is 5.43 Å². The van der Waals surface area contributed by atoms with Crippen LogP contribution in [-0.4, -0.2) is 61.6 Å². The van der Waals surface area contributed by atoms with Gasteiger partial charge in [0.05, 0.1) is 38.1 Å². The zero-order valence-corrected chi connectivity index (χ0v) is 21.7. The van der Waals surface area contributed by atoms with Gasteiger partial charge < -0.3 is 25.4 Å². The number of nitrogens with one attached hydrogen (secondary N) is 2. The first-order valence-electron chi connectivity index (χ1n) is 12.5. The highest BCUT2D eigenvalue weighted by atomic mass is 19.4. The Kier molecular flexibility index (Phi) is 9.84. The van der Waals surface area contributed by atoms with Crippen molar-refractivity contribution in [2.45, 2.75) is 12.7 Å². The number of hydrogen-bond donors (Lipinski definition) is 3. The number of hydrazone groups is 1. The number of aliphatic imine (C=N–C) groups is 1. The summed E-state index contributed by atoms with van der Waals surface area (Å²) in [6.45, 7) is 2.60. The van der Waals surface area contributed by atoms with Gasteiger partial charge in [0.15, 0.2) is 23.4 Å². The number of halogens is 5. The van der Waals surface area contributed by atoms with Crippen LogP contribution < -0.4 is 26.1 Å². The largest absolute Gasteiger partial charge is 0.461 e. The van der Waals surface area contributed by atoms with Crippen molar-refractivity contribution in [2.24, 2.45) is 15.8 Å². The van der Waals surface area contributed by atoms with Crippen molar-refractivity contribution in [1.29, 1.82) is 0 Å². The van der Waals surface area contributed by atoms with Gasteiger partial charge in [0, 0.05) is 19.2 Å². The molecule has 0 amide bonds. The second kappa shape index (κ2) is 13.7. The molecule has 1 aliphatic heterocycles. The van der Waals surface area contributed by atoms with Gasteiger partial charge in [-0.25, -0.2) is 13.8 Å². The zero-order chi connectivity index (χ0) is 29.2. The fourth-order valence-corrected chi connectivity index (χ4v) is 3.65. The Bertz CT molecular complexity index is 1380. The number of aromatic nitrogens is 2. The van der Waals surface area contributed by atoms with E-state index in [1.165, 1.54) is 24.4 Å². The van der Waals surface area contributed by atoms with Gasteiger partial charge >= 0.3 is 12.2 Å². The van der Waals surface area contributed by atoms with E-state index in [1.54, 1.807) is 6.07 Å². The summed E-state index contributed by atoms with van der Waals surface area (Å²) in [6, 6.07) is 9.90. The van der Waals surface area contributed by atoms with E-state index in [0.717, 1.165) is 24.3 Å². The number of guanidine groups is 1. The third kappa shape index (κ3) is 8.99. The van der Waals surface area contributed by atoms with Crippen LogP contribution in [0.15, 0.2) is 58.6 Å². The molecule has 1 saturated heterocycles. The summed E-state index contributed by atoms with van der Waals surface area (Å²) in [7, 11) is 0. The van der Waals surface area contributed by atoms with Crippen LogP contribution in [0.4, 0.5) is 33.6 Å². The van der Waals surface area contributed by atoms with E-state index in [-0.39, 0.29) is 43.0 Å². The highest BCUT2D eigenvalue weighted by molar-refractivity contribution is 5.80. The lowest BCUT2D eigenvalue weighted by atomic mass is 10.1. The fourth-order valence-electron chi connectivity index (χ4n) is 3.65. The summed E-state index contributed by atoms with van der Waals surface area (Å²) in [5.74, 6) is -1.02. The van der Waals surface area contributed by atoms with Gasteiger partial charge in [-0.05, 0) is 35.4 Å². The smallest absolute Gasteiger partial charge is 0.416 e. The van der Waals surface area contributed by atoms with Crippen LogP contribution >= 0.6 is 0 Å². The van der Waals surface area contributed by atoms with Crippen LogP contribution in [0.2, 0.25) is 0 Å². The molecular formula is C26H27F5N8O2. The molecule has 15 heteroatoms. The van der Waals surface area contributed by atoms with E-state index in [9.17, 15) is 22.0 Å². The summed E-state index contributed by atoms with van der Waals surface area (Å²) in [4.78, 5) is 14.8. The van der Waals surface area contributed by atoms with Crippen LogP contribution in [0.1, 0.15) is 16.7 Å². The third-order valence-corrected chi connectivity index (χ3v) is 5.69. The molecule has 0 bridgehead atoms. The molecule has 0 saturated carbocycles. The molecule has 1 fully saturated rings. The van der Waals surface area contributed by atoms with Crippen molar-refractivity contribution in [1.82, 2.24) is 15.3 Å². The fraction of sp³-hybridized carbons (Fsp3) is 0.308. The molecule has 0 atom stereocenters. The van der Waals surface area contributed by atoms with E-state index < -0.39 is 23.4 Å². The summed E-state index contributed by atoms with van der Waals surface area (Å²) in [5.41, 5.74) is 8.47. The number of hydrogen-bond acceptors (Lipinski definition) is 8. The average Bonchev–Trinajstić information content (AvgIpc) is 2.96. The first kappa shape index (κ1) is 29.5. The lowest BCUT2D eigenvalue weighted by molar-refractivity contribution is -0.137. The van der Waals surface area contributed by atoms with Gasteiger partial charge in [-0.1, -0.05) is 18.2 Å². The van der Waals surface area contributed by atoms with E-state index in [2.05, 4.69) is 30.8 Å². The van der Waals surface area contributed by atoms with Gasteiger partial charge in [-0.2, -0.15) is 28.2 Å². The van der Waals surface area contributed by atoms with Gasteiger partial charge in [0.2, 0.25) is 0 Å². The van der Waals surface area contributed by atoms with Crippen molar-refractivity contribution >= 4 is 23.8 Å². The summed E-state index contributed by atoms with van der Waals surface area (Å²) >= 11 is 0. The molecule has 1 aromatic heterocycles. The van der Waals surface area contributed by atoms with Crippen LogP contribution in [-0.2, 0) is 17.5 Å². The number of alkyl halides is 3. The van der Waals surface area contributed by atoms with E-state index in [1.807, 2.05) is 4.90 Å². The number of benzene rings is 2. The molecule has 41 heavy (non-hydrogen) atoms. The maximum atomic E-state index is 13.3. The lowest BCUT2D eigenvalue weighted by Crippen LogP contribution is -2.37. The Balaban J connectivity index is 1.36. The minimum absolute atomic E-state index is 0.0323. The number of rotatable bonds is 10. The highest BCUT2D eigenvalue weighted by Gasteiger charge is 2.30. The SMILES string of the molecule is NC(=NCc1ccc(F)c(F)c1)NCCOc1nc(N/N=C\c2cccc(C(F)(F)F)c2)cc(N2CCOCC2)n1. The lowest BCUT2D eigenvalue weighted by Gasteiger charge is -2.28. The van der Waals surface area contributed by atoms with Crippen LogP contribution in [0.3, 0.4) is 0 Å². The average molecular weight is 579 g/mol. The predicted molar refractivity (Wildman–Crippen MR) is 143 cm³/mol. The van der Waals surface area contributed by atoms with E-state index in [0.29, 0.717) is 37.7 Å². The molecule has 0 spiro atoms. The Morgan fingerprint density at radius 2 is 1.88 bits per heavy atom. The Morgan fingerprint density at radius 3 is 2.63 bits per heavy atom. The second-order valence-corrected chi connectivity index (χ2v) is 8.71. The van der Waals surface area contributed by atoms with E-state index in [4.69, 9.17) is 15.2 Å². The molecule has 0 aliphatic carbocycles. The topological polar surface area (TPSA) is 122 Å². The predicted octanol–water partition coefficient (Wildman–Crippen LogP) is 3.54. The van der Waals surface area contributed by atoms with Crippen LogP contribution in [0.25, 0.3) is 0 Å². The van der Waals surface area contributed by atoms with E-state index >= 15 is 0 Å². The molecular weight excluding hydrogens is 551 g/mol. The van der Waals surface area contributed by atoms with Gasteiger partial charge in [0.25, 0.3) is 0 Å². The quantitative estimate of drug-likeness (QED) is 0.110. The molecule has 218 valence electrons. The first-order valence-corrected chi connectivity index (χ1v) is 12.5. The van der Waals surface area contributed by atoms with Crippen LogP contribution in [0, 0.1) is 11.6 Å². The van der Waals surface area contributed by atoms with Gasteiger partial charge in [-0.15, -0.1) is 0 Å². The molecule has 2 heterocycles. The van der Waals surface area contributed by atoms with Gasteiger partial charge in [0.1, 0.15) is 12.4 Å². The summed E-state index contributed by atoms with van der Waals surface area (Å²) in [5, 5.41) is 6.86. The highest BCUT2D eigenvalue weighted by Crippen LogP contribution is 2.29. The maximum Gasteiger partial charge on any atom is 0.416 e. The molecule has 10 nitrogen and oxygen atoms in total. The maximum absolute atomic E-state index is 13.3. The monoisotopic (exact) mass is 578 g/mol. The molecule has 0 unspecified atom stereocenters. The Hall–Kier alpha value is -4.53. The van der Waals surface area contributed by atoms with Crippen molar-refractivity contribution < 1.29 is 31.4 Å². The number of nitrogens with two attached hydrogens (primary N) is 1. The minimum Gasteiger partial charge on any atom is -0.461 e. The number of anilines is 2. The van der Waals surface area contributed by atoms with Crippen molar-refractivity contribution in [2.75, 3.05) is 49.8 Å². The standard InChI is InChI=1S/C26H27F5N8O2/c27-20-5-4-18(13-21(20)28)15-34-24(32)33-6-9-41-25-36-22(14-23(37-25)39-7-10-40-11-8-39)38-35-16-17-2-1-3-19(12-17)26(29,30)31/h1-5,12-14,16H,6-11,15H2,(H3,32,33,34)(H,36,37,38)/b35-16-. The molecule has 2 aromatic carbocycles.